The van der Waals surface area contributed by atoms with E-state index in [0.29, 0.717) is 5.92 Å². The fraction of sp³-hybridized carbons (Fsp3) is 0.773. The summed E-state index contributed by atoms with van der Waals surface area (Å²) in [5.74, 6) is 0.206. The molecule has 3 aliphatic rings. The third-order valence-electron chi connectivity index (χ3n) is 7.49. The molecule has 0 unspecified atom stereocenters. The lowest BCUT2D eigenvalue weighted by Gasteiger charge is -2.62. The van der Waals surface area contributed by atoms with Gasteiger partial charge in [-0.05, 0) is 53.9 Å². The summed E-state index contributed by atoms with van der Waals surface area (Å²) in [4.78, 5) is 11.8. The molecule has 0 aromatic heterocycles. The smallest absolute Gasteiger partial charge is 0.303 e. The summed E-state index contributed by atoms with van der Waals surface area (Å²) in [5, 5.41) is 11.4. The number of esters is 1. The van der Waals surface area contributed by atoms with Crippen molar-refractivity contribution < 1.29 is 14.6 Å². The Bertz CT molecular complexity index is 604. The Labute approximate surface area is 152 Å². The lowest BCUT2D eigenvalue weighted by molar-refractivity contribution is -0.184. The highest BCUT2D eigenvalue weighted by molar-refractivity contribution is 5.66. The van der Waals surface area contributed by atoms with Crippen LogP contribution in [0.5, 0.6) is 0 Å². The number of carbonyl (C=O) groups is 1. The molecule has 3 rings (SSSR count). The summed E-state index contributed by atoms with van der Waals surface area (Å²) in [6.07, 6.45) is 8.67. The predicted octanol–water partition coefficient (Wildman–Crippen LogP) is 4.65. The summed E-state index contributed by atoms with van der Waals surface area (Å²) >= 11 is 0. The average molecular weight is 347 g/mol. The maximum atomic E-state index is 11.8. The van der Waals surface area contributed by atoms with Crippen LogP contribution in [0, 0.1) is 28.1 Å². The second kappa shape index (κ2) is 5.97. The minimum Gasteiger partial charge on any atom is -0.455 e. The Kier molecular flexibility index (Phi) is 4.47. The van der Waals surface area contributed by atoms with Crippen LogP contribution < -0.4 is 0 Å². The van der Waals surface area contributed by atoms with Gasteiger partial charge in [0.25, 0.3) is 0 Å². The molecule has 0 aliphatic heterocycles. The number of carbonyl (C=O) groups excluding carboxylic acids is 1. The van der Waals surface area contributed by atoms with Crippen LogP contribution in [0.2, 0.25) is 0 Å². The van der Waals surface area contributed by atoms with E-state index in [4.69, 9.17) is 4.74 Å². The Morgan fingerprint density at radius 2 is 1.96 bits per heavy atom. The Balaban J connectivity index is 2.13. The van der Waals surface area contributed by atoms with Crippen molar-refractivity contribution >= 4 is 5.97 Å². The number of allylic oxidation sites excluding steroid dienone is 2. The maximum Gasteiger partial charge on any atom is 0.303 e. The molecule has 0 heterocycles. The molecule has 0 aromatic carbocycles. The van der Waals surface area contributed by atoms with E-state index in [1.807, 2.05) is 6.08 Å². The van der Waals surface area contributed by atoms with Gasteiger partial charge in [-0.1, -0.05) is 46.3 Å². The highest BCUT2D eigenvalue weighted by Gasteiger charge is 2.61. The Morgan fingerprint density at radius 1 is 1.28 bits per heavy atom. The minimum atomic E-state index is -0.640. The van der Waals surface area contributed by atoms with Gasteiger partial charge >= 0.3 is 5.97 Å². The van der Waals surface area contributed by atoms with Crippen molar-refractivity contribution in [2.24, 2.45) is 28.1 Å². The largest absolute Gasteiger partial charge is 0.455 e. The van der Waals surface area contributed by atoms with Gasteiger partial charge in [0.1, 0.15) is 6.10 Å². The molecule has 140 valence electrons. The fourth-order valence-electron chi connectivity index (χ4n) is 6.39. The van der Waals surface area contributed by atoms with Crippen molar-refractivity contribution in [2.45, 2.75) is 78.9 Å². The van der Waals surface area contributed by atoms with E-state index < -0.39 is 12.2 Å². The molecule has 3 aliphatic carbocycles. The van der Waals surface area contributed by atoms with Gasteiger partial charge in [-0.15, -0.1) is 6.58 Å². The molecule has 0 aromatic rings. The first kappa shape index (κ1) is 18.7. The van der Waals surface area contributed by atoms with Crippen molar-refractivity contribution in [2.75, 3.05) is 0 Å². The van der Waals surface area contributed by atoms with Gasteiger partial charge in [0, 0.05) is 12.3 Å². The third-order valence-corrected chi connectivity index (χ3v) is 7.49. The topological polar surface area (TPSA) is 46.5 Å². The number of rotatable bonds is 2. The maximum absolute atomic E-state index is 11.8. The normalized spacial score (nSPS) is 45.6. The quantitative estimate of drug-likeness (QED) is 0.584. The van der Waals surface area contributed by atoms with E-state index in [1.54, 1.807) is 0 Å². The summed E-state index contributed by atoms with van der Waals surface area (Å²) in [6.45, 7) is 14.5. The predicted molar refractivity (Wildman–Crippen MR) is 99.9 cm³/mol. The second-order valence-electron chi connectivity index (χ2n) is 9.79. The van der Waals surface area contributed by atoms with E-state index >= 15 is 0 Å². The number of aliphatic hydroxyl groups excluding tert-OH is 1. The average Bonchev–Trinajstić information content (AvgIpc) is 2.50. The molecule has 2 saturated carbocycles. The van der Waals surface area contributed by atoms with E-state index in [1.165, 1.54) is 13.3 Å². The molecule has 25 heavy (non-hydrogen) atoms. The number of hydrogen-bond acceptors (Lipinski definition) is 3. The van der Waals surface area contributed by atoms with Crippen molar-refractivity contribution in [3.63, 3.8) is 0 Å². The van der Waals surface area contributed by atoms with Crippen LogP contribution in [0.25, 0.3) is 0 Å². The molecule has 2 fully saturated rings. The highest BCUT2D eigenvalue weighted by Crippen LogP contribution is 2.64. The zero-order chi connectivity index (χ0) is 18.6. The first-order valence-electron chi connectivity index (χ1n) is 9.76. The zero-order valence-electron chi connectivity index (χ0n) is 16.5. The second-order valence-corrected chi connectivity index (χ2v) is 9.79. The highest BCUT2D eigenvalue weighted by atomic mass is 16.6. The lowest BCUT2D eigenvalue weighted by atomic mass is 9.44. The van der Waals surface area contributed by atoms with Crippen LogP contribution in [-0.4, -0.2) is 23.3 Å². The molecule has 0 bridgehead atoms. The van der Waals surface area contributed by atoms with Crippen molar-refractivity contribution in [3.8, 4) is 0 Å². The van der Waals surface area contributed by atoms with Crippen LogP contribution in [-0.2, 0) is 9.53 Å². The van der Waals surface area contributed by atoms with Crippen molar-refractivity contribution in [3.05, 3.63) is 24.3 Å². The number of ether oxygens (including phenoxy) is 1. The zero-order valence-corrected chi connectivity index (χ0v) is 16.5. The molecule has 1 N–H and O–H groups in total. The lowest BCUT2D eigenvalue weighted by Crippen LogP contribution is -2.61. The SMILES string of the molecule is C=C[C@]1(C)C=C2[C@H](OC(C)=O)[C@@H](O)[C@H]3C(C)(C)CCC[C@]3(C)[C@H]2CC1. The third kappa shape index (κ3) is 2.89. The van der Waals surface area contributed by atoms with Gasteiger partial charge in [0.2, 0.25) is 0 Å². The standard InChI is InChI=1S/C22H34O3/c1-7-21(5)12-9-16-15(13-21)18(25-14(2)23)17(24)19-20(3,4)10-8-11-22(16,19)6/h7,13,16-19,24H,1,8-12H2,2-6H3/t16-,17+,18-,19-,21-,22+/m0/s1. The fourth-order valence-corrected chi connectivity index (χ4v) is 6.39. The summed E-state index contributed by atoms with van der Waals surface area (Å²) in [6, 6.07) is 0. The number of fused-ring (bicyclic) bond motifs is 3. The minimum absolute atomic E-state index is 0.0511. The van der Waals surface area contributed by atoms with Gasteiger partial charge in [0.05, 0.1) is 6.10 Å². The first-order chi connectivity index (χ1) is 11.5. The van der Waals surface area contributed by atoms with E-state index in [0.717, 1.165) is 31.3 Å². The van der Waals surface area contributed by atoms with Crippen LogP contribution >= 0.6 is 0 Å². The summed E-state index contributed by atoms with van der Waals surface area (Å²) < 4.78 is 5.71. The molecular weight excluding hydrogens is 312 g/mol. The molecule has 3 nitrogen and oxygen atoms in total. The van der Waals surface area contributed by atoms with E-state index in [2.05, 4.69) is 40.3 Å². The van der Waals surface area contributed by atoms with E-state index in [-0.39, 0.29) is 28.1 Å². The van der Waals surface area contributed by atoms with Crippen molar-refractivity contribution in [1.29, 1.82) is 0 Å². The first-order valence-corrected chi connectivity index (χ1v) is 9.76. The monoisotopic (exact) mass is 346 g/mol. The molecule has 0 amide bonds. The molecule has 6 atom stereocenters. The van der Waals surface area contributed by atoms with E-state index in [9.17, 15) is 9.90 Å². The molecule has 0 spiro atoms. The van der Waals surface area contributed by atoms with Gasteiger partial charge in [-0.3, -0.25) is 4.79 Å². The van der Waals surface area contributed by atoms with Crippen LogP contribution in [0.4, 0.5) is 0 Å². The van der Waals surface area contributed by atoms with Gasteiger partial charge in [-0.2, -0.15) is 0 Å². The van der Waals surface area contributed by atoms with Crippen molar-refractivity contribution in [1.82, 2.24) is 0 Å². The number of aliphatic hydroxyl groups is 1. The molecule has 0 saturated heterocycles. The van der Waals surface area contributed by atoms with Gasteiger partial charge < -0.3 is 9.84 Å². The molecule has 0 radical (unpaired) electrons. The van der Waals surface area contributed by atoms with Gasteiger partial charge in [-0.25, -0.2) is 0 Å². The van der Waals surface area contributed by atoms with Gasteiger partial charge in [0.15, 0.2) is 0 Å². The Morgan fingerprint density at radius 3 is 2.56 bits per heavy atom. The van der Waals surface area contributed by atoms with Crippen LogP contribution in [0.3, 0.4) is 0 Å². The van der Waals surface area contributed by atoms with Crippen LogP contribution in [0.1, 0.15) is 66.7 Å². The number of hydrogen-bond donors (Lipinski definition) is 1. The molecule has 3 heteroatoms. The summed E-state index contributed by atoms with van der Waals surface area (Å²) in [7, 11) is 0. The summed E-state index contributed by atoms with van der Waals surface area (Å²) in [5.41, 5.74) is 1.16. The Hall–Kier alpha value is -1.09. The van der Waals surface area contributed by atoms with Crippen LogP contribution in [0.15, 0.2) is 24.3 Å². The molecular formula is C22H34O3.